The Hall–Kier alpha value is -1.00. The van der Waals surface area contributed by atoms with E-state index in [1.54, 1.807) is 0 Å². The van der Waals surface area contributed by atoms with Gasteiger partial charge < -0.3 is 10.0 Å². The monoisotopic (exact) mass is 269 g/mol. The lowest BCUT2D eigenvalue weighted by atomic mass is 10.1. The van der Waals surface area contributed by atoms with E-state index in [-0.39, 0.29) is 5.56 Å². The Kier molecular flexibility index (Phi) is 4.53. The molecule has 1 fully saturated rings. The Morgan fingerprint density at radius 1 is 1.37 bits per heavy atom. The van der Waals surface area contributed by atoms with Crippen LogP contribution in [-0.2, 0) is 0 Å². The predicted molar refractivity (Wildman–Crippen MR) is 70.8 cm³/mol. The lowest BCUT2D eigenvalue weighted by Gasteiger charge is -2.22. The standard InChI is InChI=1S/C15H21F2NO/c1-10-8-11(2)18(9-10)7-6-14(19)12-4-3-5-13(16)15(12)17/h3-5,10-11,14,19H,6-9H2,1-2H3. The van der Waals surface area contributed by atoms with E-state index in [9.17, 15) is 13.9 Å². The number of aliphatic hydroxyl groups excluding tert-OH is 1. The van der Waals surface area contributed by atoms with Gasteiger partial charge in [-0.2, -0.15) is 0 Å². The molecule has 2 nitrogen and oxygen atoms in total. The molecule has 1 aliphatic heterocycles. The molecule has 1 aromatic rings. The van der Waals surface area contributed by atoms with Crippen molar-refractivity contribution in [2.75, 3.05) is 13.1 Å². The molecule has 3 atom stereocenters. The van der Waals surface area contributed by atoms with E-state index in [1.165, 1.54) is 12.1 Å². The van der Waals surface area contributed by atoms with Gasteiger partial charge in [0.25, 0.3) is 0 Å². The molecular formula is C15H21F2NO. The molecule has 0 saturated carbocycles. The summed E-state index contributed by atoms with van der Waals surface area (Å²) in [5.74, 6) is -1.17. The van der Waals surface area contributed by atoms with Gasteiger partial charge in [0.1, 0.15) is 0 Å². The van der Waals surface area contributed by atoms with Crippen LogP contribution >= 0.6 is 0 Å². The first-order chi connectivity index (χ1) is 8.99. The Morgan fingerprint density at radius 2 is 2.11 bits per heavy atom. The molecule has 3 unspecified atom stereocenters. The molecule has 1 heterocycles. The molecule has 19 heavy (non-hydrogen) atoms. The highest BCUT2D eigenvalue weighted by molar-refractivity contribution is 5.21. The average molecular weight is 269 g/mol. The summed E-state index contributed by atoms with van der Waals surface area (Å²) in [6.45, 7) is 6.10. The van der Waals surface area contributed by atoms with Gasteiger partial charge in [0.15, 0.2) is 11.6 Å². The smallest absolute Gasteiger partial charge is 0.164 e. The number of likely N-dealkylation sites (tertiary alicyclic amines) is 1. The van der Waals surface area contributed by atoms with Crippen LogP contribution in [0.15, 0.2) is 18.2 Å². The maximum Gasteiger partial charge on any atom is 0.164 e. The maximum absolute atomic E-state index is 13.5. The molecule has 0 amide bonds. The summed E-state index contributed by atoms with van der Waals surface area (Å²) in [5, 5.41) is 10.0. The molecule has 4 heteroatoms. The molecule has 1 saturated heterocycles. The molecule has 106 valence electrons. The van der Waals surface area contributed by atoms with Crippen molar-refractivity contribution in [3.05, 3.63) is 35.4 Å². The van der Waals surface area contributed by atoms with Crippen LogP contribution in [0.25, 0.3) is 0 Å². The van der Waals surface area contributed by atoms with Gasteiger partial charge in [-0.25, -0.2) is 8.78 Å². The van der Waals surface area contributed by atoms with Crippen LogP contribution in [0, 0.1) is 17.6 Å². The van der Waals surface area contributed by atoms with E-state index < -0.39 is 17.7 Å². The molecule has 0 bridgehead atoms. The van der Waals surface area contributed by atoms with Gasteiger partial charge in [0.2, 0.25) is 0 Å². The minimum Gasteiger partial charge on any atom is -0.388 e. The van der Waals surface area contributed by atoms with Crippen LogP contribution in [-0.4, -0.2) is 29.1 Å². The van der Waals surface area contributed by atoms with E-state index in [2.05, 4.69) is 18.7 Å². The maximum atomic E-state index is 13.5. The van der Waals surface area contributed by atoms with Crippen molar-refractivity contribution in [3.8, 4) is 0 Å². The first-order valence-electron chi connectivity index (χ1n) is 6.85. The van der Waals surface area contributed by atoms with Crippen molar-refractivity contribution in [1.82, 2.24) is 4.90 Å². The van der Waals surface area contributed by atoms with Gasteiger partial charge in [0, 0.05) is 24.7 Å². The lowest BCUT2D eigenvalue weighted by Crippen LogP contribution is -2.29. The quantitative estimate of drug-likeness (QED) is 0.908. The second-order valence-electron chi connectivity index (χ2n) is 5.63. The Balaban J connectivity index is 1.94. The summed E-state index contributed by atoms with van der Waals surface area (Å²) in [7, 11) is 0. The predicted octanol–water partition coefficient (Wildman–Crippen LogP) is 3.12. The lowest BCUT2D eigenvalue weighted by molar-refractivity contribution is 0.135. The fourth-order valence-electron chi connectivity index (χ4n) is 2.92. The van der Waals surface area contributed by atoms with Crippen LogP contribution < -0.4 is 0 Å². The third-order valence-corrected chi connectivity index (χ3v) is 3.94. The summed E-state index contributed by atoms with van der Waals surface area (Å²) in [6.07, 6.45) is 0.640. The van der Waals surface area contributed by atoms with Gasteiger partial charge in [-0.1, -0.05) is 19.1 Å². The topological polar surface area (TPSA) is 23.5 Å². The van der Waals surface area contributed by atoms with E-state index in [0.717, 1.165) is 19.0 Å². The largest absolute Gasteiger partial charge is 0.388 e. The van der Waals surface area contributed by atoms with E-state index in [1.807, 2.05) is 0 Å². The van der Waals surface area contributed by atoms with Crippen molar-refractivity contribution in [2.45, 2.75) is 38.8 Å². The number of benzene rings is 1. The van der Waals surface area contributed by atoms with Crippen LogP contribution in [0.5, 0.6) is 0 Å². The van der Waals surface area contributed by atoms with Crippen molar-refractivity contribution in [1.29, 1.82) is 0 Å². The first-order valence-corrected chi connectivity index (χ1v) is 6.85. The zero-order chi connectivity index (χ0) is 14.0. The molecule has 0 aromatic heterocycles. The summed E-state index contributed by atoms with van der Waals surface area (Å²) >= 11 is 0. The molecular weight excluding hydrogens is 248 g/mol. The third kappa shape index (κ3) is 3.31. The minimum atomic E-state index is -0.946. The molecule has 0 aliphatic carbocycles. The van der Waals surface area contributed by atoms with Gasteiger partial charge in [-0.05, 0) is 31.7 Å². The highest BCUT2D eigenvalue weighted by atomic mass is 19.2. The van der Waals surface area contributed by atoms with Crippen LogP contribution in [0.4, 0.5) is 8.78 Å². The summed E-state index contributed by atoms with van der Waals surface area (Å²) in [6, 6.07) is 4.44. The van der Waals surface area contributed by atoms with E-state index >= 15 is 0 Å². The Labute approximate surface area is 113 Å². The fourth-order valence-corrected chi connectivity index (χ4v) is 2.92. The number of aliphatic hydroxyl groups is 1. The molecule has 1 N–H and O–H groups in total. The molecule has 0 spiro atoms. The van der Waals surface area contributed by atoms with Crippen LogP contribution in [0.2, 0.25) is 0 Å². The van der Waals surface area contributed by atoms with Gasteiger partial charge in [-0.15, -0.1) is 0 Å². The number of nitrogens with zero attached hydrogens (tertiary/aromatic N) is 1. The Morgan fingerprint density at radius 3 is 2.74 bits per heavy atom. The molecule has 1 aromatic carbocycles. The van der Waals surface area contributed by atoms with Crippen LogP contribution in [0.1, 0.15) is 38.4 Å². The average Bonchev–Trinajstić information content (AvgIpc) is 2.68. The first kappa shape index (κ1) is 14.4. The van der Waals surface area contributed by atoms with E-state index in [0.29, 0.717) is 24.9 Å². The summed E-state index contributed by atoms with van der Waals surface area (Å²) in [4.78, 5) is 2.30. The second kappa shape index (κ2) is 5.97. The van der Waals surface area contributed by atoms with Crippen molar-refractivity contribution >= 4 is 0 Å². The normalized spacial score (nSPS) is 25.7. The minimum absolute atomic E-state index is 0.0555. The highest BCUT2D eigenvalue weighted by Gasteiger charge is 2.26. The Bertz CT molecular complexity index is 438. The van der Waals surface area contributed by atoms with Gasteiger partial charge >= 0.3 is 0 Å². The van der Waals surface area contributed by atoms with Gasteiger partial charge in [-0.3, -0.25) is 0 Å². The fraction of sp³-hybridized carbons (Fsp3) is 0.600. The number of rotatable bonds is 4. The van der Waals surface area contributed by atoms with Gasteiger partial charge in [0.05, 0.1) is 6.10 Å². The molecule has 2 rings (SSSR count). The number of halogens is 2. The molecule has 1 aliphatic rings. The number of hydrogen-bond acceptors (Lipinski definition) is 2. The summed E-state index contributed by atoms with van der Waals surface area (Å²) in [5.41, 5.74) is 0.0555. The number of hydrogen-bond donors (Lipinski definition) is 1. The third-order valence-electron chi connectivity index (χ3n) is 3.94. The zero-order valence-electron chi connectivity index (χ0n) is 11.4. The molecule has 0 radical (unpaired) electrons. The highest BCUT2D eigenvalue weighted by Crippen LogP contribution is 2.26. The van der Waals surface area contributed by atoms with Crippen molar-refractivity contribution < 1.29 is 13.9 Å². The zero-order valence-corrected chi connectivity index (χ0v) is 11.4. The summed E-state index contributed by atoms with van der Waals surface area (Å²) < 4.78 is 26.6. The van der Waals surface area contributed by atoms with Crippen molar-refractivity contribution in [3.63, 3.8) is 0 Å². The van der Waals surface area contributed by atoms with E-state index in [4.69, 9.17) is 0 Å². The second-order valence-corrected chi connectivity index (χ2v) is 5.63. The van der Waals surface area contributed by atoms with Crippen LogP contribution in [0.3, 0.4) is 0 Å². The van der Waals surface area contributed by atoms with Crippen molar-refractivity contribution in [2.24, 2.45) is 5.92 Å². The SMILES string of the molecule is CC1CC(C)N(CCC(O)c2cccc(F)c2F)C1.